The van der Waals surface area contributed by atoms with Crippen LogP contribution in [-0.2, 0) is 10.0 Å². The minimum atomic E-state index is -3.65. The minimum Gasteiger partial charge on any atom is -0.302 e. The van der Waals surface area contributed by atoms with Crippen molar-refractivity contribution in [1.82, 2.24) is 9.38 Å². The maximum Gasteiger partial charge on any atom is 0.262 e. The minimum absolute atomic E-state index is 0.252. The Morgan fingerprint density at radius 2 is 1.78 bits per heavy atom. The van der Waals surface area contributed by atoms with E-state index in [-0.39, 0.29) is 4.90 Å². The standard InChI is InChI=1S/C17H19N3O2S/c1-11-7-8-15(10-12(11)2)23(21,22)19-16-6-5-9-20-14(4)13(3)18-17(16)20/h5-10,19H,1-4H3. The molecule has 1 N–H and O–H groups in total. The highest BCUT2D eigenvalue weighted by atomic mass is 32.2. The van der Waals surface area contributed by atoms with Gasteiger partial charge in [0.15, 0.2) is 5.65 Å². The van der Waals surface area contributed by atoms with Crippen LogP contribution in [0.5, 0.6) is 0 Å². The number of hydrogen-bond acceptors (Lipinski definition) is 3. The number of rotatable bonds is 3. The second-order valence-corrected chi connectivity index (χ2v) is 7.43. The number of aryl methyl sites for hydroxylation is 4. The van der Waals surface area contributed by atoms with Gasteiger partial charge >= 0.3 is 0 Å². The molecular formula is C17H19N3O2S. The van der Waals surface area contributed by atoms with Crippen LogP contribution >= 0.6 is 0 Å². The summed E-state index contributed by atoms with van der Waals surface area (Å²) in [5.74, 6) is 0. The second kappa shape index (κ2) is 5.38. The number of benzene rings is 1. The molecule has 120 valence electrons. The van der Waals surface area contributed by atoms with Gasteiger partial charge in [0.25, 0.3) is 10.0 Å². The number of sulfonamides is 1. The molecule has 0 fully saturated rings. The van der Waals surface area contributed by atoms with Crippen molar-refractivity contribution in [3.63, 3.8) is 0 Å². The molecule has 1 aromatic carbocycles. The summed E-state index contributed by atoms with van der Waals surface area (Å²) in [5, 5.41) is 0. The molecule has 0 saturated heterocycles. The molecule has 23 heavy (non-hydrogen) atoms. The van der Waals surface area contributed by atoms with Crippen LogP contribution in [0, 0.1) is 27.7 Å². The Hall–Kier alpha value is -2.34. The Labute approximate surface area is 136 Å². The molecular weight excluding hydrogens is 310 g/mol. The number of pyridine rings is 1. The van der Waals surface area contributed by atoms with Crippen molar-refractivity contribution in [3.8, 4) is 0 Å². The zero-order valence-corrected chi connectivity index (χ0v) is 14.4. The largest absolute Gasteiger partial charge is 0.302 e. The van der Waals surface area contributed by atoms with Gasteiger partial charge in [-0.2, -0.15) is 0 Å². The molecule has 3 aromatic rings. The van der Waals surface area contributed by atoms with Crippen molar-refractivity contribution in [3.05, 3.63) is 59.0 Å². The lowest BCUT2D eigenvalue weighted by molar-refractivity contribution is 0.601. The molecule has 2 heterocycles. The van der Waals surface area contributed by atoms with Gasteiger partial charge in [0.05, 0.1) is 16.3 Å². The van der Waals surface area contributed by atoms with Crippen LogP contribution in [0.4, 0.5) is 5.69 Å². The Morgan fingerprint density at radius 3 is 2.48 bits per heavy atom. The van der Waals surface area contributed by atoms with E-state index in [1.807, 2.05) is 44.4 Å². The van der Waals surface area contributed by atoms with Crippen molar-refractivity contribution < 1.29 is 8.42 Å². The summed E-state index contributed by atoms with van der Waals surface area (Å²) in [6.45, 7) is 7.72. The van der Waals surface area contributed by atoms with Crippen molar-refractivity contribution in [2.45, 2.75) is 32.6 Å². The van der Waals surface area contributed by atoms with Crippen LogP contribution in [-0.4, -0.2) is 17.8 Å². The molecule has 0 amide bonds. The predicted molar refractivity (Wildman–Crippen MR) is 91.4 cm³/mol. The molecule has 0 saturated carbocycles. The molecule has 0 aliphatic heterocycles. The molecule has 0 aliphatic rings. The van der Waals surface area contributed by atoms with Crippen molar-refractivity contribution in [1.29, 1.82) is 0 Å². The van der Waals surface area contributed by atoms with E-state index in [9.17, 15) is 8.42 Å². The Morgan fingerprint density at radius 1 is 1.04 bits per heavy atom. The molecule has 0 atom stereocenters. The molecule has 5 nitrogen and oxygen atoms in total. The zero-order valence-electron chi connectivity index (χ0n) is 13.6. The number of hydrogen-bond donors (Lipinski definition) is 1. The van der Waals surface area contributed by atoms with E-state index < -0.39 is 10.0 Å². The lowest BCUT2D eigenvalue weighted by Gasteiger charge is -2.10. The van der Waals surface area contributed by atoms with Gasteiger partial charge in [-0.1, -0.05) is 6.07 Å². The van der Waals surface area contributed by atoms with E-state index in [1.54, 1.807) is 24.3 Å². The van der Waals surface area contributed by atoms with Crippen molar-refractivity contribution >= 4 is 21.4 Å². The van der Waals surface area contributed by atoms with E-state index >= 15 is 0 Å². The topological polar surface area (TPSA) is 63.5 Å². The lowest BCUT2D eigenvalue weighted by atomic mass is 10.1. The number of nitrogens with zero attached hydrogens (tertiary/aromatic N) is 2. The Bertz CT molecular complexity index is 1000. The smallest absolute Gasteiger partial charge is 0.262 e. The quantitative estimate of drug-likeness (QED) is 0.801. The first-order valence-electron chi connectivity index (χ1n) is 7.34. The van der Waals surface area contributed by atoms with Gasteiger partial charge in [0.1, 0.15) is 0 Å². The number of nitrogens with one attached hydrogen (secondary N) is 1. The maximum absolute atomic E-state index is 12.7. The van der Waals surface area contributed by atoms with E-state index in [2.05, 4.69) is 9.71 Å². The Balaban J connectivity index is 2.07. The molecule has 0 spiro atoms. The van der Waals surface area contributed by atoms with Crippen LogP contribution in [0.2, 0.25) is 0 Å². The van der Waals surface area contributed by atoms with Crippen LogP contribution in [0.15, 0.2) is 41.4 Å². The zero-order chi connectivity index (χ0) is 16.8. The highest BCUT2D eigenvalue weighted by molar-refractivity contribution is 7.92. The molecule has 2 aromatic heterocycles. The SMILES string of the molecule is Cc1ccc(S(=O)(=O)Nc2cccn3c(C)c(C)nc23)cc1C. The summed E-state index contributed by atoms with van der Waals surface area (Å²) in [6, 6.07) is 8.64. The first kappa shape index (κ1) is 15.6. The fraction of sp³-hybridized carbons (Fsp3) is 0.235. The number of imidazole rings is 1. The summed E-state index contributed by atoms with van der Waals surface area (Å²) in [4.78, 5) is 4.71. The van der Waals surface area contributed by atoms with E-state index in [1.165, 1.54) is 0 Å². The third kappa shape index (κ3) is 2.70. The summed E-state index contributed by atoms with van der Waals surface area (Å²) in [6.07, 6.45) is 1.87. The van der Waals surface area contributed by atoms with Crippen LogP contribution < -0.4 is 4.72 Å². The fourth-order valence-corrected chi connectivity index (χ4v) is 3.61. The van der Waals surface area contributed by atoms with Crippen molar-refractivity contribution in [2.24, 2.45) is 0 Å². The summed E-state index contributed by atoms with van der Waals surface area (Å²) in [7, 11) is -3.65. The van der Waals surface area contributed by atoms with Crippen molar-refractivity contribution in [2.75, 3.05) is 4.72 Å². The monoisotopic (exact) mass is 329 g/mol. The third-order valence-corrected chi connectivity index (χ3v) is 5.52. The van der Waals surface area contributed by atoms with E-state index in [0.717, 1.165) is 22.5 Å². The fourth-order valence-electron chi connectivity index (χ4n) is 2.46. The summed E-state index contributed by atoms with van der Waals surface area (Å²) in [5.41, 5.74) is 4.95. The maximum atomic E-state index is 12.7. The van der Waals surface area contributed by atoms with Gasteiger partial charge in [-0.3, -0.25) is 4.72 Å². The highest BCUT2D eigenvalue weighted by Gasteiger charge is 2.17. The van der Waals surface area contributed by atoms with E-state index in [4.69, 9.17) is 0 Å². The number of anilines is 1. The normalized spacial score (nSPS) is 11.8. The third-order valence-electron chi connectivity index (χ3n) is 4.16. The average molecular weight is 329 g/mol. The van der Waals surface area contributed by atoms with E-state index in [0.29, 0.717) is 11.3 Å². The van der Waals surface area contributed by atoms with Crippen LogP contribution in [0.1, 0.15) is 22.5 Å². The molecule has 0 radical (unpaired) electrons. The predicted octanol–water partition coefficient (Wildman–Crippen LogP) is 3.37. The summed E-state index contributed by atoms with van der Waals surface area (Å²) < 4.78 is 29.8. The number of aromatic nitrogens is 2. The molecule has 6 heteroatoms. The lowest BCUT2D eigenvalue weighted by Crippen LogP contribution is -2.14. The van der Waals surface area contributed by atoms with Crippen LogP contribution in [0.25, 0.3) is 5.65 Å². The molecule has 3 rings (SSSR count). The highest BCUT2D eigenvalue weighted by Crippen LogP contribution is 2.23. The van der Waals surface area contributed by atoms with Crippen LogP contribution in [0.3, 0.4) is 0 Å². The Kier molecular flexibility index (Phi) is 3.64. The van der Waals surface area contributed by atoms with Gasteiger partial charge in [0, 0.05) is 11.9 Å². The second-order valence-electron chi connectivity index (χ2n) is 5.75. The van der Waals surface area contributed by atoms with Gasteiger partial charge in [-0.05, 0) is 63.1 Å². The number of fused-ring (bicyclic) bond motifs is 1. The van der Waals surface area contributed by atoms with Gasteiger partial charge in [-0.25, -0.2) is 13.4 Å². The van der Waals surface area contributed by atoms with Gasteiger partial charge < -0.3 is 4.40 Å². The molecule has 0 unspecified atom stereocenters. The summed E-state index contributed by atoms with van der Waals surface area (Å²) >= 11 is 0. The van der Waals surface area contributed by atoms with Gasteiger partial charge in [0.2, 0.25) is 0 Å². The molecule has 0 bridgehead atoms. The first-order chi connectivity index (χ1) is 10.8. The average Bonchev–Trinajstić information content (AvgIpc) is 2.78. The first-order valence-corrected chi connectivity index (χ1v) is 8.82. The van der Waals surface area contributed by atoms with Gasteiger partial charge in [-0.15, -0.1) is 0 Å². The molecule has 0 aliphatic carbocycles.